The highest BCUT2D eigenvalue weighted by Crippen LogP contribution is 2.42. The molecular weight excluding hydrogens is 594 g/mol. The summed E-state index contributed by atoms with van der Waals surface area (Å²) in [5.41, 5.74) is 3.07. The molecule has 0 saturated carbocycles. The highest BCUT2D eigenvalue weighted by atomic mass is 79.9. The van der Waals surface area contributed by atoms with Gasteiger partial charge in [-0.05, 0) is 62.2 Å². The first-order valence-corrected chi connectivity index (χ1v) is 14.2. The number of halogens is 1. The van der Waals surface area contributed by atoms with Crippen LogP contribution < -0.4 is 9.47 Å². The van der Waals surface area contributed by atoms with E-state index in [4.69, 9.17) is 14.2 Å². The number of rotatable bonds is 9. The molecular formula is C31H28BrNO6S. The number of ether oxygens (including phenoxy) is 3. The van der Waals surface area contributed by atoms with Gasteiger partial charge in [0.15, 0.2) is 11.5 Å². The lowest BCUT2D eigenvalue weighted by Crippen LogP contribution is -2.14. The van der Waals surface area contributed by atoms with Gasteiger partial charge >= 0.3 is 5.97 Å². The number of aliphatic imine (C=N–C) groups is 1. The molecule has 4 rings (SSSR count). The predicted molar refractivity (Wildman–Crippen MR) is 161 cm³/mol. The van der Waals surface area contributed by atoms with Crippen molar-refractivity contribution in [3.63, 3.8) is 0 Å². The molecule has 0 radical (unpaired) electrons. The highest BCUT2D eigenvalue weighted by molar-refractivity contribution is 9.10. The van der Waals surface area contributed by atoms with Gasteiger partial charge in [-0.2, -0.15) is 0 Å². The number of carbonyl (C=O) groups is 2. The van der Waals surface area contributed by atoms with E-state index in [1.807, 2.05) is 38.1 Å². The monoisotopic (exact) mass is 621 g/mol. The zero-order valence-corrected chi connectivity index (χ0v) is 24.7. The summed E-state index contributed by atoms with van der Waals surface area (Å²) in [6.07, 6.45) is 1.69. The highest BCUT2D eigenvalue weighted by Gasteiger charge is 2.34. The summed E-state index contributed by atoms with van der Waals surface area (Å²) in [7, 11) is 0. The van der Waals surface area contributed by atoms with Crippen molar-refractivity contribution in [3.05, 3.63) is 110 Å². The quantitative estimate of drug-likeness (QED) is 0.248. The molecule has 0 fully saturated rings. The average molecular weight is 623 g/mol. The maximum absolute atomic E-state index is 12.8. The summed E-state index contributed by atoms with van der Waals surface area (Å²) < 4.78 is 17.7. The molecule has 0 atom stereocenters. The molecule has 0 spiro atoms. The van der Waals surface area contributed by atoms with Crippen LogP contribution in [-0.4, -0.2) is 35.2 Å². The van der Waals surface area contributed by atoms with Crippen molar-refractivity contribution in [1.29, 1.82) is 0 Å². The van der Waals surface area contributed by atoms with Crippen molar-refractivity contribution in [3.8, 4) is 11.5 Å². The summed E-state index contributed by atoms with van der Waals surface area (Å²) >= 11 is 4.60. The van der Waals surface area contributed by atoms with Crippen LogP contribution in [0.4, 0.5) is 0 Å². The number of thioether (sulfide) groups is 1. The summed E-state index contributed by atoms with van der Waals surface area (Å²) in [6.45, 7) is 6.46. The molecule has 0 bridgehead atoms. The molecule has 3 aromatic rings. The minimum Gasteiger partial charge on any atom is -0.506 e. The number of carbonyl (C=O) groups excluding carboxylic acids is 2. The van der Waals surface area contributed by atoms with Crippen molar-refractivity contribution in [1.82, 2.24) is 0 Å². The van der Waals surface area contributed by atoms with E-state index in [1.165, 1.54) is 5.56 Å². The van der Waals surface area contributed by atoms with E-state index in [1.54, 1.807) is 55.5 Å². The number of aryl methyl sites for hydroxylation is 1. The van der Waals surface area contributed by atoms with Gasteiger partial charge in [-0.15, -0.1) is 0 Å². The third kappa shape index (κ3) is 7.03. The Hall–Kier alpha value is -3.82. The number of hydrogen-bond acceptors (Lipinski definition) is 7. The molecule has 0 aromatic heterocycles. The van der Waals surface area contributed by atoms with Crippen molar-refractivity contribution in [2.75, 3.05) is 13.2 Å². The Balaban J connectivity index is 1.67. The van der Waals surface area contributed by atoms with Gasteiger partial charge in [0.05, 0.1) is 18.1 Å². The molecule has 0 unspecified atom stereocenters. The largest absolute Gasteiger partial charge is 0.506 e. The first kappa shape index (κ1) is 29.2. The lowest BCUT2D eigenvalue weighted by molar-refractivity contribution is -0.138. The third-order valence-electron chi connectivity index (χ3n) is 5.76. The van der Waals surface area contributed by atoms with Gasteiger partial charge < -0.3 is 19.3 Å². The molecule has 1 aliphatic rings. The Morgan fingerprint density at radius 1 is 0.975 bits per heavy atom. The molecule has 9 heteroatoms. The molecule has 1 heterocycles. The molecule has 3 aromatic carbocycles. The van der Waals surface area contributed by atoms with E-state index in [-0.39, 0.29) is 23.0 Å². The zero-order chi connectivity index (χ0) is 28.6. The average Bonchev–Trinajstić information content (AvgIpc) is 3.25. The molecule has 206 valence electrons. The Kier molecular flexibility index (Phi) is 9.84. The predicted octanol–water partition coefficient (Wildman–Crippen LogP) is 7.44. The summed E-state index contributed by atoms with van der Waals surface area (Å²) in [4.78, 5) is 30.0. The lowest BCUT2D eigenvalue weighted by Gasteiger charge is -2.14. The van der Waals surface area contributed by atoms with Crippen LogP contribution in [0.25, 0.3) is 6.08 Å². The van der Waals surface area contributed by atoms with Crippen molar-refractivity contribution < 1.29 is 28.9 Å². The lowest BCUT2D eigenvalue weighted by atomic mass is 10.1. The van der Waals surface area contributed by atoms with Crippen LogP contribution in [0.15, 0.2) is 92.4 Å². The number of benzene rings is 3. The van der Waals surface area contributed by atoms with Gasteiger partial charge in [0.25, 0.3) is 5.91 Å². The first-order valence-electron chi connectivity index (χ1n) is 12.6. The van der Waals surface area contributed by atoms with E-state index < -0.39 is 11.9 Å². The second-order valence-electron chi connectivity index (χ2n) is 8.67. The number of aliphatic hydroxyl groups is 1. The Morgan fingerprint density at radius 2 is 1.68 bits per heavy atom. The fourth-order valence-electron chi connectivity index (χ4n) is 3.76. The van der Waals surface area contributed by atoms with Crippen molar-refractivity contribution >= 4 is 50.7 Å². The number of hydrogen-bond donors (Lipinski definition) is 1. The van der Waals surface area contributed by atoms with Crippen LogP contribution in [0.2, 0.25) is 0 Å². The van der Waals surface area contributed by atoms with Crippen molar-refractivity contribution in [2.24, 2.45) is 4.99 Å². The smallest absolute Gasteiger partial charge is 0.344 e. The van der Waals surface area contributed by atoms with Crippen LogP contribution >= 0.6 is 27.7 Å². The molecule has 7 nitrogen and oxygen atoms in total. The van der Waals surface area contributed by atoms with E-state index in [2.05, 4.69) is 20.9 Å². The topological polar surface area (TPSA) is 94.4 Å². The summed E-state index contributed by atoms with van der Waals surface area (Å²) in [6, 6.07) is 20.2. The van der Waals surface area contributed by atoms with Crippen LogP contribution in [0.1, 0.15) is 40.9 Å². The van der Waals surface area contributed by atoms with Gasteiger partial charge in [0.1, 0.15) is 23.0 Å². The summed E-state index contributed by atoms with van der Waals surface area (Å²) in [5, 5.41) is 11.1. The van der Waals surface area contributed by atoms with Gasteiger partial charge in [0, 0.05) is 10.0 Å². The molecule has 0 aliphatic carbocycles. The van der Waals surface area contributed by atoms with E-state index in [9.17, 15) is 14.7 Å². The Morgan fingerprint density at radius 3 is 2.35 bits per heavy atom. The molecule has 1 N–H and O–H groups in total. The minimum absolute atomic E-state index is 0.0651. The molecule has 40 heavy (non-hydrogen) atoms. The SMILES string of the molecule is CCOC(=O)C1=C(O)/C(=C/c2cc(OCC)c(OCc3ccc(C)cc3)cc2Br)SC1=NC(=O)c1ccccc1. The maximum atomic E-state index is 12.8. The zero-order valence-electron chi connectivity index (χ0n) is 22.3. The van der Waals surface area contributed by atoms with Crippen LogP contribution in [0, 0.1) is 6.92 Å². The Labute approximate surface area is 245 Å². The van der Waals surface area contributed by atoms with E-state index in [0.29, 0.717) is 45.2 Å². The second kappa shape index (κ2) is 13.5. The standard InChI is InChI=1S/C31H28BrNO6S/c1-4-37-24-15-22(23(32)17-25(24)39-18-20-13-11-19(3)12-14-20)16-26-28(34)27(31(36)38-5-2)30(40-26)33-29(35)21-9-7-6-8-10-21/h6-17,34H,4-5,18H2,1-3H3/b26-16-,33-30?. The Bertz CT molecular complexity index is 1500. The van der Waals surface area contributed by atoms with Crippen LogP contribution in [0.3, 0.4) is 0 Å². The fourth-order valence-corrected chi connectivity index (χ4v) is 5.20. The maximum Gasteiger partial charge on any atom is 0.344 e. The van der Waals surface area contributed by atoms with Gasteiger partial charge in [-0.25, -0.2) is 9.79 Å². The number of amides is 1. The van der Waals surface area contributed by atoms with Gasteiger partial charge in [-0.1, -0.05) is 75.7 Å². The third-order valence-corrected chi connectivity index (χ3v) is 7.47. The van der Waals surface area contributed by atoms with Crippen LogP contribution in [0.5, 0.6) is 11.5 Å². The van der Waals surface area contributed by atoms with Gasteiger partial charge in [-0.3, -0.25) is 4.79 Å². The second-order valence-corrected chi connectivity index (χ2v) is 10.6. The first-order chi connectivity index (χ1) is 19.3. The minimum atomic E-state index is -0.760. The summed E-state index contributed by atoms with van der Waals surface area (Å²) in [5.74, 6) is -0.529. The van der Waals surface area contributed by atoms with Gasteiger partial charge in [0.2, 0.25) is 0 Å². The number of aliphatic hydroxyl groups excluding tert-OH is 1. The molecule has 0 saturated heterocycles. The normalized spacial score (nSPS) is 15.0. The fraction of sp³-hybridized carbons (Fsp3) is 0.194. The number of nitrogens with zero attached hydrogens (tertiary/aromatic N) is 1. The number of esters is 1. The molecule has 1 aliphatic heterocycles. The van der Waals surface area contributed by atoms with E-state index >= 15 is 0 Å². The van der Waals surface area contributed by atoms with E-state index in [0.717, 1.165) is 17.3 Å². The van der Waals surface area contributed by atoms with Crippen LogP contribution in [-0.2, 0) is 16.1 Å². The molecule has 1 amide bonds. The van der Waals surface area contributed by atoms with Crippen molar-refractivity contribution in [2.45, 2.75) is 27.4 Å².